The highest BCUT2D eigenvalue weighted by Gasteiger charge is 2.11. The Labute approximate surface area is 162 Å². The van der Waals surface area contributed by atoms with E-state index in [4.69, 9.17) is 26.1 Å². The summed E-state index contributed by atoms with van der Waals surface area (Å²) in [7, 11) is 0. The Hall–Kier alpha value is -2.98. The van der Waals surface area contributed by atoms with E-state index in [1.807, 2.05) is 72.8 Å². The molecule has 0 aliphatic heterocycles. The molecule has 4 rings (SSSR count). The summed E-state index contributed by atoms with van der Waals surface area (Å²) in [6.07, 6.45) is 0. The summed E-state index contributed by atoms with van der Waals surface area (Å²) in [4.78, 5) is 4.73. The molecule has 136 valence electrons. The number of hydrogen-bond acceptors (Lipinski definition) is 3. The first-order valence-electron chi connectivity index (χ1n) is 8.80. The molecule has 5 heteroatoms. The number of imidazole rings is 1. The largest absolute Gasteiger partial charge is 0.492 e. The minimum Gasteiger partial charge on any atom is -0.492 e. The van der Waals surface area contributed by atoms with Gasteiger partial charge in [-0.05, 0) is 48.5 Å². The van der Waals surface area contributed by atoms with E-state index >= 15 is 0 Å². The fourth-order valence-electron chi connectivity index (χ4n) is 2.94. The van der Waals surface area contributed by atoms with Gasteiger partial charge in [0.1, 0.15) is 30.5 Å². The molecule has 0 bridgehead atoms. The van der Waals surface area contributed by atoms with Crippen molar-refractivity contribution in [1.82, 2.24) is 9.55 Å². The van der Waals surface area contributed by atoms with Gasteiger partial charge in [-0.3, -0.25) is 0 Å². The molecular weight excluding hydrogens is 360 g/mol. The van der Waals surface area contributed by atoms with Crippen LogP contribution < -0.4 is 9.47 Å². The van der Waals surface area contributed by atoms with Crippen LogP contribution in [0.2, 0.25) is 5.02 Å². The van der Waals surface area contributed by atoms with E-state index < -0.39 is 0 Å². The van der Waals surface area contributed by atoms with E-state index in [-0.39, 0.29) is 0 Å². The van der Waals surface area contributed by atoms with Gasteiger partial charge in [0.25, 0.3) is 0 Å². The van der Waals surface area contributed by atoms with Crippen molar-refractivity contribution < 1.29 is 9.47 Å². The Bertz CT molecular complexity index is 1010. The molecule has 1 aromatic heterocycles. The van der Waals surface area contributed by atoms with Crippen LogP contribution in [0, 0.1) is 0 Å². The first-order valence-corrected chi connectivity index (χ1v) is 9.18. The van der Waals surface area contributed by atoms with Crippen LogP contribution in [-0.2, 0) is 13.2 Å². The molecule has 0 radical (unpaired) electrons. The molecule has 0 aliphatic rings. The van der Waals surface area contributed by atoms with Gasteiger partial charge in [0.2, 0.25) is 0 Å². The Morgan fingerprint density at radius 1 is 0.778 bits per heavy atom. The van der Waals surface area contributed by atoms with Crippen LogP contribution >= 0.6 is 11.6 Å². The number of para-hydroxylation sites is 3. The second-order valence-corrected chi connectivity index (χ2v) is 6.51. The highest BCUT2D eigenvalue weighted by atomic mass is 35.5. The normalized spacial score (nSPS) is 10.9. The zero-order chi connectivity index (χ0) is 18.5. The molecule has 0 amide bonds. The zero-order valence-electron chi connectivity index (χ0n) is 14.7. The zero-order valence-corrected chi connectivity index (χ0v) is 15.5. The fourth-order valence-corrected chi connectivity index (χ4v) is 3.06. The predicted octanol–water partition coefficient (Wildman–Crippen LogP) is 5.35. The van der Waals surface area contributed by atoms with Gasteiger partial charge in [0.05, 0.1) is 17.6 Å². The van der Waals surface area contributed by atoms with Crippen LogP contribution in [0.3, 0.4) is 0 Å². The number of rotatable bonds is 7. The van der Waals surface area contributed by atoms with Crippen LogP contribution in [0.15, 0.2) is 78.9 Å². The second-order valence-electron chi connectivity index (χ2n) is 6.07. The average Bonchev–Trinajstić information content (AvgIpc) is 3.06. The summed E-state index contributed by atoms with van der Waals surface area (Å²) in [6, 6.07) is 25.2. The summed E-state index contributed by atoms with van der Waals surface area (Å²) in [5.41, 5.74) is 2.02. The average molecular weight is 379 g/mol. The van der Waals surface area contributed by atoms with E-state index in [1.165, 1.54) is 0 Å². The third-order valence-corrected chi connectivity index (χ3v) is 4.49. The van der Waals surface area contributed by atoms with Gasteiger partial charge in [-0.2, -0.15) is 0 Å². The van der Waals surface area contributed by atoms with Crippen LogP contribution in [-0.4, -0.2) is 16.2 Å². The lowest BCUT2D eigenvalue weighted by molar-refractivity contribution is 0.272. The third-order valence-electron chi connectivity index (χ3n) is 4.24. The Morgan fingerprint density at radius 3 is 2.30 bits per heavy atom. The topological polar surface area (TPSA) is 36.3 Å². The van der Waals surface area contributed by atoms with E-state index in [2.05, 4.69) is 10.6 Å². The molecule has 0 spiro atoms. The molecule has 0 fully saturated rings. The highest BCUT2D eigenvalue weighted by Crippen LogP contribution is 2.20. The molecule has 0 unspecified atom stereocenters. The van der Waals surface area contributed by atoms with E-state index in [0.717, 1.165) is 28.4 Å². The molecule has 4 aromatic rings. The lowest BCUT2D eigenvalue weighted by atomic mass is 10.3. The third kappa shape index (κ3) is 4.23. The second kappa shape index (κ2) is 8.14. The Kier molecular flexibility index (Phi) is 5.26. The van der Waals surface area contributed by atoms with E-state index in [9.17, 15) is 0 Å². The molecule has 3 aromatic carbocycles. The molecular formula is C22H19ClN2O2. The monoisotopic (exact) mass is 378 g/mol. The van der Waals surface area contributed by atoms with Crippen LogP contribution in [0.4, 0.5) is 0 Å². The minimum absolute atomic E-state index is 0.377. The maximum atomic E-state index is 5.93. The lowest BCUT2D eigenvalue weighted by Crippen LogP contribution is -2.13. The van der Waals surface area contributed by atoms with Crippen LogP contribution in [0.1, 0.15) is 5.82 Å². The molecule has 1 heterocycles. The Morgan fingerprint density at radius 2 is 1.48 bits per heavy atom. The van der Waals surface area contributed by atoms with Crippen molar-refractivity contribution >= 4 is 22.6 Å². The van der Waals surface area contributed by atoms with Crippen LogP contribution in [0.25, 0.3) is 11.0 Å². The number of halogens is 1. The minimum atomic E-state index is 0.377. The fraction of sp³-hybridized carbons (Fsp3) is 0.136. The number of hydrogen-bond donors (Lipinski definition) is 0. The van der Waals surface area contributed by atoms with Crippen molar-refractivity contribution in [2.75, 3.05) is 6.61 Å². The molecule has 0 atom stereocenters. The number of ether oxygens (including phenoxy) is 2. The highest BCUT2D eigenvalue weighted by molar-refractivity contribution is 6.30. The van der Waals surface area contributed by atoms with Crippen molar-refractivity contribution in [3.05, 3.63) is 89.7 Å². The first-order chi connectivity index (χ1) is 13.3. The SMILES string of the molecule is Clc1ccc(OCc2nc3ccccc3n2CCOc2ccccc2)cc1. The van der Waals surface area contributed by atoms with E-state index in [0.29, 0.717) is 24.8 Å². The lowest BCUT2D eigenvalue weighted by Gasteiger charge is -2.12. The summed E-state index contributed by atoms with van der Waals surface area (Å²) >= 11 is 5.93. The van der Waals surface area contributed by atoms with Gasteiger partial charge in [-0.15, -0.1) is 0 Å². The molecule has 4 nitrogen and oxygen atoms in total. The quantitative estimate of drug-likeness (QED) is 0.435. The van der Waals surface area contributed by atoms with Crippen molar-refractivity contribution in [1.29, 1.82) is 0 Å². The smallest absolute Gasteiger partial charge is 0.148 e. The van der Waals surface area contributed by atoms with Gasteiger partial charge < -0.3 is 14.0 Å². The van der Waals surface area contributed by atoms with E-state index in [1.54, 1.807) is 0 Å². The standard InChI is InChI=1S/C22H19ClN2O2/c23-17-10-12-19(13-11-17)27-16-22-24-20-8-4-5-9-21(20)25(22)14-15-26-18-6-2-1-3-7-18/h1-13H,14-16H2. The van der Waals surface area contributed by atoms with Gasteiger partial charge in [0, 0.05) is 5.02 Å². The van der Waals surface area contributed by atoms with Crippen molar-refractivity contribution in [3.8, 4) is 11.5 Å². The molecule has 0 saturated heterocycles. The van der Waals surface area contributed by atoms with Crippen molar-refractivity contribution in [2.45, 2.75) is 13.2 Å². The molecule has 0 aliphatic carbocycles. The Balaban J connectivity index is 1.50. The van der Waals surface area contributed by atoms with Gasteiger partial charge in [-0.25, -0.2) is 4.98 Å². The predicted molar refractivity (Wildman–Crippen MR) is 107 cm³/mol. The number of fused-ring (bicyclic) bond motifs is 1. The van der Waals surface area contributed by atoms with Gasteiger partial charge >= 0.3 is 0 Å². The first kappa shape index (κ1) is 17.4. The number of aromatic nitrogens is 2. The summed E-state index contributed by atoms with van der Waals surface area (Å²) in [5, 5.41) is 0.688. The number of benzene rings is 3. The maximum absolute atomic E-state index is 5.93. The summed E-state index contributed by atoms with van der Waals surface area (Å²) < 4.78 is 13.9. The molecule has 0 N–H and O–H groups in total. The summed E-state index contributed by atoms with van der Waals surface area (Å²) in [6.45, 7) is 1.62. The molecule has 0 saturated carbocycles. The van der Waals surface area contributed by atoms with Crippen LogP contribution in [0.5, 0.6) is 11.5 Å². The van der Waals surface area contributed by atoms with Crippen molar-refractivity contribution in [3.63, 3.8) is 0 Å². The number of nitrogens with zero attached hydrogens (tertiary/aromatic N) is 2. The summed E-state index contributed by atoms with van der Waals surface area (Å²) in [5.74, 6) is 2.49. The van der Waals surface area contributed by atoms with Gasteiger partial charge in [-0.1, -0.05) is 41.9 Å². The van der Waals surface area contributed by atoms with Crippen molar-refractivity contribution in [2.24, 2.45) is 0 Å². The maximum Gasteiger partial charge on any atom is 0.148 e. The van der Waals surface area contributed by atoms with Gasteiger partial charge in [0.15, 0.2) is 0 Å². The molecule has 27 heavy (non-hydrogen) atoms.